The quantitative estimate of drug-likeness (QED) is 0.923. The van der Waals surface area contributed by atoms with E-state index in [-0.39, 0.29) is 5.41 Å². The smallest absolute Gasteiger partial charge is 0.350 e. The van der Waals surface area contributed by atoms with Gasteiger partial charge in [0.15, 0.2) is 0 Å². The Morgan fingerprint density at radius 1 is 1.15 bits per heavy atom. The van der Waals surface area contributed by atoms with Crippen LogP contribution < -0.4 is 4.84 Å². The molecular formula is C15H22N2O3. The number of hydrogen-bond acceptors (Lipinski definition) is 3. The van der Waals surface area contributed by atoms with Gasteiger partial charge >= 0.3 is 5.97 Å². The molecule has 110 valence electrons. The summed E-state index contributed by atoms with van der Waals surface area (Å²) >= 11 is 0. The number of aliphatic carboxylic acids is 1. The first-order valence-corrected chi connectivity index (χ1v) is 7.57. The number of nitrogens with zero attached hydrogens (tertiary/aromatic N) is 2. The van der Waals surface area contributed by atoms with Gasteiger partial charge in [0, 0.05) is 12.8 Å². The molecule has 0 aliphatic heterocycles. The van der Waals surface area contributed by atoms with Crippen molar-refractivity contribution >= 4 is 5.97 Å². The van der Waals surface area contributed by atoms with Crippen LogP contribution in [0.15, 0.2) is 18.5 Å². The maximum Gasteiger partial charge on any atom is 0.350 e. The summed E-state index contributed by atoms with van der Waals surface area (Å²) in [5, 5.41) is 13.7. The van der Waals surface area contributed by atoms with Gasteiger partial charge < -0.3 is 9.94 Å². The predicted octanol–water partition coefficient (Wildman–Crippen LogP) is 2.66. The summed E-state index contributed by atoms with van der Waals surface area (Å²) in [4.78, 5) is 18.9. The van der Waals surface area contributed by atoms with Gasteiger partial charge in [0.1, 0.15) is 0 Å². The molecule has 1 N–H and O–H groups in total. The molecule has 5 nitrogen and oxygen atoms in total. The highest BCUT2D eigenvalue weighted by Crippen LogP contribution is 2.51. The van der Waals surface area contributed by atoms with E-state index in [0.717, 1.165) is 25.7 Å². The van der Waals surface area contributed by atoms with E-state index in [1.807, 2.05) is 0 Å². The highest BCUT2D eigenvalue weighted by Gasteiger charge is 2.52. The normalized spacial score (nSPS) is 29.2. The first-order valence-electron chi connectivity index (χ1n) is 7.57. The van der Waals surface area contributed by atoms with E-state index in [2.05, 4.69) is 5.10 Å². The van der Waals surface area contributed by atoms with E-state index in [0.29, 0.717) is 12.8 Å². The predicted molar refractivity (Wildman–Crippen MR) is 73.2 cm³/mol. The molecule has 0 aromatic carbocycles. The Bertz CT molecular complexity index is 460. The largest absolute Gasteiger partial charge is 0.478 e. The fourth-order valence-corrected chi connectivity index (χ4v) is 4.05. The number of hydrogen-bond donors (Lipinski definition) is 1. The van der Waals surface area contributed by atoms with Crippen LogP contribution in [0.3, 0.4) is 0 Å². The molecule has 0 radical (unpaired) electrons. The molecule has 0 saturated heterocycles. The second-order valence-corrected chi connectivity index (χ2v) is 6.39. The summed E-state index contributed by atoms with van der Waals surface area (Å²) in [5.74, 6) is -0.849. The van der Waals surface area contributed by atoms with E-state index < -0.39 is 11.6 Å². The molecule has 1 atom stereocenters. The molecule has 1 aromatic rings. The number of rotatable bonds is 3. The maximum absolute atomic E-state index is 11.9. The van der Waals surface area contributed by atoms with Gasteiger partial charge in [0.05, 0.1) is 12.4 Å². The Morgan fingerprint density at radius 3 is 2.55 bits per heavy atom. The lowest BCUT2D eigenvalue weighted by atomic mass is 9.61. The summed E-state index contributed by atoms with van der Waals surface area (Å²) in [7, 11) is 0. The minimum absolute atomic E-state index is 0.169. The average molecular weight is 278 g/mol. The van der Waals surface area contributed by atoms with Crippen LogP contribution in [-0.4, -0.2) is 26.6 Å². The van der Waals surface area contributed by atoms with Crippen molar-refractivity contribution in [3.8, 4) is 0 Å². The Kier molecular flexibility index (Phi) is 3.44. The zero-order valence-electron chi connectivity index (χ0n) is 11.8. The van der Waals surface area contributed by atoms with Crippen LogP contribution in [0.1, 0.15) is 57.8 Å². The number of carboxylic acids is 1. The van der Waals surface area contributed by atoms with Gasteiger partial charge in [-0.15, -0.1) is 9.94 Å². The average Bonchev–Trinajstić information content (AvgIpc) is 2.92. The molecule has 0 amide bonds. The second kappa shape index (κ2) is 5.11. The lowest BCUT2D eigenvalue weighted by Gasteiger charge is -2.46. The Hall–Kier alpha value is -1.52. The minimum atomic E-state index is -1.11. The SMILES string of the molecule is O=C(O)C1(On2cccn2)CCCC2(CCCCC2)C1. The summed E-state index contributed by atoms with van der Waals surface area (Å²) in [6.45, 7) is 0. The lowest BCUT2D eigenvalue weighted by Crippen LogP contribution is -2.54. The molecule has 1 heterocycles. The Morgan fingerprint density at radius 2 is 1.90 bits per heavy atom. The Balaban J connectivity index is 1.84. The van der Waals surface area contributed by atoms with Crippen molar-refractivity contribution in [2.75, 3.05) is 0 Å². The van der Waals surface area contributed by atoms with Crippen LogP contribution in [-0.2, 0) is 4.79 Å². The molecule has 2 aliphatic carbocycles. The number of aromatic nitrogens is 2. The molecule has 0 bridgehead atoms. The van der Waals surface area contributed by atoms with Crippen LogP contribution in [0.4, 0.5) is 0 Å². The number of carbonyl (C=O) groups is 1. The second-order valence-electron chi connectivity index (χ2n) is 6.39. The van der Waals surface area contributed by atoms with Crippen LogP contribution in [0.25, 0.3) is 0 Å². The third kappa shape index (κ3) is 2.41. The van der Waals surface area contributed by atoms with Crippen molar-refractivity contribution < 1.29 is 14.7 Å². The van der Waals surface area contributed by atoms with Gasteiger partial charge in [-0.05, 0) is 37.2 Å². The van der Waals surface area contributed by atoms with Crippen LogP contribution in [0.2, 0.25) is 0 Å². The summed E-state index contributed by atoms with van der Waals surface area (Å²) in [6.07, 6.45) is 12.5. The molecular weight excluding hydrogens is 256 g/mol. The van der Waals surface area contributed by atoms with E-state index in [9.17, 15) is 9.90 Å². The molecule has 2 aliphatic rings. The van der Waals surface area contributed by atoms with Crippen molar-refractivity contribution in [3.05, 3.63) is 18.5 Å². The monoisotopic (exact) mass is 278 g/mol. The Labute approximate surface area is 118 Å². The fraction of sp³-hybridized carbons (Fsp3) is 0.733. The summed E-state index contributed by atoms with van der Waals surface area (Å²) < 4.78 is 0. The lowest BCUT2D eigenvalue weighted by molar-refractivity contribution is -0.183. The van der Waals surface area contributed by atoms with Gasteiger partial charge in [0.2, 0.25) is 5.60 Å². The van der Waals surface area contributed by atoms with Crippen molar-refractivity contribution in [1.29, 1.82) is 0 Å². The highest BCUT2D eigenvalue weighted by molar-refractivity contribution is 5.77. The van der Waals surface area contributed by atoms with Crippen molar-refractivity contribution in [2.45, 2.75) is 63.4 Å². The minimum Gasteiger partial charge on any atom is -0.478 e. The molecule has 3 rings (SSSR count). The third-order valence-electron chi connectivity index (χ3n) is 5.00. The maximum atomic E-state index is 11.9. The molecule has 1 unspecified atom stereocenters. The van der Waals surface area contributed by atoms with E-state index in [1.54, 1.807) is 18.5 Å². The topological polar surface area (TPSA) is 64.3 Å². The van der Waals surface area contributed by atoms with Crippen molar-refractivity contribution in [1.82, 2.24) is 9.94 Å². The van der Waals surface area contributed by atoms with Crippen LogP contribution in [0.5, 0.6) is 0 Å². The molecule has 20 heavy (non-hydrogen) atoms. The molecule has 2 saturated carbocycles. The van der Waals surface area contributed by atoms with Gasteiger partial charge in [-0.2, -0.15) is 0 Å². The van der Waals surface area contributed by atoms with Gasteiger partial charge in [-0.25, -0.2) is 4.79 Å². The highest BCUT2D eigenvalue weighted by atomic mass is 16.7. The first kappa shape index (κ1) is 13.5. The van der Waals surface area contributed by atoms with E-state index in [4.69, 9.17) is 4.84 Å². The molecule has 1 aromatic heterocycles. The zero-order valence-corrected chi connectivity index (χ0v) is 11.8. The summed E-state index contributed by atoms with van der Waals surface area (Å²) in [5.41, 5.74) is -0.941. The standard InChI is InChI=1S/C15H22N2O3/c18-13(19)15(20-17-11-5-10-16-17)9-4-8-14(12-15)6-2-1-3-7-14/h5,10-11H,1-4,6-9,12H2,(H,18,19). The van der Waals surface area contributed by atoms with Gasteiger partial charge in [-0.3, -0.25) is 0 Å². The first-order chi connectivity index (χ1) is 9.64. The molecule has 1 spiro atoms. The number of carboxylic acid groups (broad SMARTS) is 1. The van der Waals surface area contributed by atoms with E-state index in [1.165, 1.54) is 24.1 Å². The summed E-state index contributed by atoms with van der Waals surface area (Å²) in [6, 6.07) is 1.74. The van der Waals surface area contributed by atoms with Crippen molar-refractivity contribution in [3.63, 3.8) is 0 Å². The van der Waals surface area contributed by atoms with E-state index >= 15 is 0 Å². The zero-order chi connectivity index (χ0) is 14.1. The van der Waals surface area contributed by atoms with Crippen molar-refractivity contribution in [2.24, 2.45) is 5.41 Å². The van der Waals surface area contributed by atoms with Crippen LogP contribution in [0, 0.1) is 5.41 Å². The molecule has 5 heteroatoms. The fourth-order valence-electron chi connectivity index (χ4n) is 4.05. The van der Waals surface area contributed by atoms with Crippen LogP contribution >= 0.6 is 0 Å². The van der Waals surface area contributed by atoms with Gasteiger partial charge in [0.25, 0.3) is 0 Å². The molecule has 2 fully saturated rings. The third-order valence-corrected chi connectivity index (χ3v) is 5.00. The van der Waals surface area contributed by atoms with Gasteiger partial charge in [-0.1, -0.05) is 19.3 Å².